The molecule has 0 saturated heterocycles. The Morgan fingerprint density at radius 2 is 1.92 bits per heavy atom. The monoisotopic (exact) mass is 296 g/mol. The molecule has 78 valence electrons. The van der Waals surface area contributed by atoms with Gasteiger partial charge in [-0.1, -0.05) is 63.1 Å². The number of hydrogen-bond donors (Lipinski definition) is 0. The van der Waals surface area contributed by atoms with Crippen LogP contribution >= 0.6 is 22.6 Å². The van der Waals surface area contributed by atoms with Crippen LogP contribution in [0, 0.1) is 5.41 Å². The topological polar surface area (TPSA) is 17.1 Å². The van der Waals surface area contributed by atoms with Gasteiger partial charge < -0.3 is 0 Å². The Balaban J connectivity index is 3.79. The molecule has 0 amide bonds. The lowest BCUT2D eigenvalue weighted by atomic mass is 9.88. The van der Waals surface area contributed by atoms with Crippen molar-refractivity contribution in [1.29, 1.82) is 0 Å². The zero-order valence-corrected chi connectivity index (χ0v) is 11.3. The maximum absolute atomic E-state index is 11.6. The average molecular weight is 296 g/mol. The third kappa shape index (κ3) is 6.47. The number of Topliss-reactive ketones (excluding diaryl/α,β-unsaturated/α-hetero) is 1. The number of carbonyl (C=O) groups is 1. The number of alkyl halides is 1. The maximum Gasteiger partial charge on any atom is 0.139 e. The van der Waals surface area contributed by atoms with Crippen LogP contribution in [0.25, 0.3) is 0 Å². The van der Waals surface area contributed by atoms with Crippen molar-refractivity contribution in [2.75, 3.05) is 0 Å². The molecule has 2 heteroatoms. The van der Waals surface area contributed by atoms with E-state index in [2.05, 4.69) is 29.5 Å². The fourth-order valence-electron chi connectivity index (χ4n) is 1.04. The average Bonchev–Trinajstić information content (AvgIpc) is 1.99. The summed E-state index contributed by atoms with van der Waals surface area (Å²) in [5, 5.41) is 0. The Morgan fingerprint density at radius 1 is 1.38 bits per heavy atom. The van der Waals surface area contributed by atoms with Gasteiger partial charge in [-0.3, -0.25) is 4.79 Å². The van der Waals surface area contributed by atoms with Gasteiger partial charge >= 0.3 is 0 Å². The minimum absolute atomic E-state index is 0.157. The van der Waals surface area contributed by atoms with E-state index in [0.29, 0.717) is 9.71 Å². The molecular weight excluding hydrogens is 275 g/mol. The molecule has 13 heavy (non-hydrogen) atoms. The summed E-state index contributed by atoms with van der Waals surface area (Å²) in [6.07, 6.45) is 4.39. The zero-order chi connectivity index (χ0) is 10.5. The highest BCUT2D eigenvalue weighted by atomic mass is 127. The van der Waals surface area contributed by atoms with E-state index in [1.807, 2.05) is 20.8 Å². The smallest absolute Gasteiger partial charge is 0.139 e. The normalized spacial score (nSPS) is 14.2. The number of halogens is 1. The van der Waals surface area contributed by atoms with Gasteiger partial charge in [-0.25, -0.2) is 0 Å². The van der Waals surface area contributed by atoms with Crippen LogP contribution in [0.3, 0.4) is 0 Å². The maximum atomic E-state index is 11.6. The van der Waals surface area contributed by atoms with Gasteiger partial charge in [0, 0.05) is 15.8 Å². The van der Waals surface area contributed by atoms with Crippen LogP contribution in [0.4, 0.5) is 0 Å². The molecule has 0 aliphatic carbocycles. The number of unbranched alkanes of at least 4 members (excludes halogenated alkanes) is 1. The second-order valence-electron chi connectivity index (χ2n) is 4.62. The van der Waals surface area contributed by atoms with Crippen LogP contribution in [-0.4, -0.2) is 9.71 Å². The lowest BCUT2D eigenvalue weighted by Crippen LogP contribution is -2.22. The zero-order valence-electron chi connectivity index (χ0n) is 9.19. The number of carbonyl (C=O) groups excluding carboxylic acids is 1. The number of hydrogen-bond acceptors (Lipinski definition) is 1. The summed E-state index contributed by atoms with van der Waals surface area (Å²) < 4.78 is 0.532. The Hall–Kier alpha value is 0.400. The molecular formula is C11H21IO. The van der Waals surface area contributed by atoms with Gasteiger partial charge in [-0.15, -0.1) is 0 Å². The third-order valence-electron chi connectivity index (χ3n) is 2.11. The molecule has 0 aliphatic rings. The van der Waals surface area contributed by atoms with Crippen molar-refractivity contribution in [2.45, 2.75) is 57.3 Å². The van der Waals surface area contributed by atoms with Crippen molar-refractivity contribution >= 4 is 28.4 Å². The fourth-order valence-corrected chi connectivity index (χ4v) is 1.88. The lowest BCUT2D eigenvalue weighted by Gasteiger charge is -2.18. The van der Waals surface area contributed by atoms with Crippen LogP contribution in [0.2, 0.25) is 0 Å². The minimum atomic E-state index is -0.157. The van der Waals surface area contributed by atoms with E-state index in [9.17, 15) is 4.79 Å². The van der Waals surface area contributed by atoms with Gasteiger partial charge in [0.2, 0.25) is 0 Å². The van der Waals surface area contributed by atoms with Crippen LogP contribution in [-0.2, 0) is 4.79 Å². The first-order chi connectivity index (χ1) is 5.88. The highest BCUT2D eigenvalue weighted by molar-refractivity contribution is 14.1. The second-order valence-corrected chi connectivity index (χ2v) is 6.38. The van der Waals surface area contributed by atoms with E-state index in [4.69, 9.17) is 0 Å². The molecule has 1 unspecified atom stereocenters. The first-order valence-corrected chi connectivity index (χ1v) is 6.30. The molecule has 0 aromatic carbocycles. The van der Waals surface area contributed by atoms with Crippen molar-refractivity contribution < 1.29 is 4.79 Å². The summed E-state index contributed by atoms with van der Waals surface area (Å²) in [7, 11) is 0. The van der Waals surface area contributed by atoms with Crippen molar-refractivity contribution in [3.8, 4) is 0 Å². The molecule has 0 fully saturated rings. The molecule has 0 N–H and O–H groups in total. The van der Waals surface area contributed by atoms with E-state index in [1.165, 1.54) is 19.3 Å². The lowest BCUT2D eigenvalue weighted by molar-refractivity contribution is -0.126. The summed E-state index contributed by atoms with van der Waals surface area (Å²) in [5.74, 6) is 0.392. The van der Waals surface area contributed by atoms with Gasteiger partial charge in [0.25, 0.3) is 0 Å². The van der Waals surface area contributed by atoms with Gasteiger partial charge in [-0.2, -0.15) is 0 Å². The summed E-state index contributed by atoms with van der Waals surface area (Å²) >= 11 is 2.40. The van der Waals surface area contributed by atoms with Gasteiger partial charge in [0.1, 0.15) is 5.78 Å². The third-order valence-corrected chi connectivity index (χ3v) is 3.18. The Morgan fingerprint density at radius 3 is 2.31 bits per heavy atom. The van der Waals surface area contributed by atoms with Crippen LogP contribution in [0.1, 0.15) is 53.4 Å². The summed E-state index contributed by atoms with van der Waals surface area (Å²) in [4.78, 5) is 11.6. The van der Waals surface area contributed by atoms with Crippen LogP contribution in [0.5, 0.6) is 0 Å². The van der Waals surface area contributed by atoms with Crippen LogP contribution in [0.15, 0.2) is 0 Å². The van der Waals surface area contributed by atoms with E-state index in [0.717, 1.165) is 6.42 Å². The Kier molecular flexibility index (Phi) is 6.18. The fraction of sp³-hybridized carbons (Fsp3) is 0.909. The Labute approximate surface area is 95.8 Å². The molecule has 0 aromatic heterocycles. The van der Waals surface area contributed by atoms with Gasteiger partial charge in [0.15, 0.2) is 0 Å². The highest BCUT2D eigenvalue weighted by Gasteiger charge is 2.22. The van der Waals surface area contributed by atoms with Crippen LogP contribution < -0.4 is 0 Å². The van der Waals surface area contributed by atoms with Crippen molar-refractivity contribution in [2.24, 2.45) is 5.41 Å². The van der Waals surface area contributed by atoms with Gasteiger partial charge in [0.05, 0.1) is 0 Å². The van der Waals surface area contributed by atoms with E-state index < -0.39 is 0 Å². The van der Waals surface area contributed by atoms with E-state index in [-0.39, 0.29) is 5.41 Å². The Bertz CT molecular complexity index is 158. The summed E-state index contributed by atoms with van der Waals surface area (Å²) in [5.41, 5.74) is -0.157. The molecule has 0 bridgehead atoms. The SMILES string of the molecule is CCCCC(I)CC(=O)C(C)(C)C. The largest absolute Gasteiger partial charge is 0.299 e. The number of ketones is 1. The molecule has 0 rings (SSSR count). The molecule has 0 saturated carbocycles. The van der Waals surface area contributed by atoms with Crippen molar-refractivity contribution in [3.05, 3.63) is 0 Å². The summed E-state index contributed by atoms with van der Waals surface area (Å²) in [6, 6.07) is 0. The molecule has 0 spiro atoms. The minimum Gasteiger partial charge on any atom is -0.299 e. The van der Waals surface area contributed by atoms with E-state index in [1.54, 1.807) is 0 Å². The standard InChI is InChI=1S/C11H21IO/c1-5-6-7-9(12)8-10(13)11(2,3)4/h9H,5-8H2,1-4H3. The van der Waals surface area contributed by atoms with Gasteiger partial charge in [-0.05, 0) is 6.42 Å². The second kappa shape index (κ2) is 5.99. The first kappa shape index (κ1) is 13.4. The molecule has 1 nitrogen and oxygen atoms in total. The van der Waals surface area contributed by atoms with Crippen molar-refractivity contribution in [3.63, 3.8) is 0 Å². The molecule has 1 atom stereocenters. The first-order valence-electron chi connectivity index (χ1n) is 5.05. The number of rotatable bonds is 5. The molecule has 0 heterocycles. The van der Waals surface area contributed by atoms with E-state index >= 15 is 0 Å². The predicted octanol–water partition coefficient (Wildman–Crippen LogP) is 3.99. The molecule has 0 aliphatic heterocycles. The molecule has 0 aromatic rings. The van der Waals surface area contributed by atoms with Crippen molar-refractivity contribution in [1.82, 2.24) is 0 Å². The molecule has 0 radical (unpaired) electrons. The quantitative estimate of drug-likeness (QED) is 0.554. The summed E-state index contributed by atoms with van der Waals surface area (Å²) in [6.45, 7) is 8.19. The highest BCUT2D eigenvalue weighted by Crippen LogP contribution is 2.22. The predicted molar refractivity (Wildman–Crippen MR) is 66.4 cm³/mol.